The van der Waals surface area contributed by atoms with Gasteiger partial charge in [0, 0.05) is 37.8 Å². The molecule has 0 aromatic carbocycles. The molecular formula is C15H26N4O4. The van der Waals surface area contributed by atoms with Crippen LogP contribution in [-0.2, 0) is 0 Å². The van der Waals surface area contributed by atoms with E-state index >= 15 is 0 Å². The van der Waals surface area contributed by atoms with Gasteiger partial charge in [0.05, 0.1) is 0 Å². The number of carbonyl (C=O) groups excluding carboxylic acids is 1. The zero-order valence-corrected chi connectivity index (χ0v) is 13.7. The fourth-order valence-corrected chi connectivity index (χ4v) is 2.64. The second-order valence-corrected chi connectivity index (χ2v) is 6.14. The van der Waals surface area contributed by atoms with Crippen LogP contribution in [0.3, 0.4) is 0 Å². The molecule has 3 N–H and O–H groups in total. The number of nitrogens with one attached hydrogen (secondary N) is 1. The molecule has 1 atom stereocenters. The summed E-state index contributed by atoms with van der Waals surface area (Å²) in [7, 11) is 4.12. The first-order valence-electron chi connectivity index (χ1n) is 7.91. The standard InChI is InChI=1S/C15H26N4O4/c1-17(2)10-11-18-8-3-4-12(7-9-18)16-15(22)23-19-13(20)5-6-14(19)21/h5-6,12,20-21H,3-4,7-11H2,1-2H3,(H,16,22)/t12-/m0/s1. The predicted molar refractivity (Wildman–Crippen MR) is 85.5 cm³/mol. The molecule has 0 aliphatic carbocycles. The Labute approximate surface area is 136 Å². The van der Waals surface area contributed by atoms with Crippen LogP contribution in [0.4, 0.5) is 4.79 Å². The van der Waals surface area contributed by atoms with Crippen LogP contribution in [0.1, 0.15) is 19.3 Å². The van der Waals surface area contributed by atoms with Gasteiger partial charge < -0.3 is 30.2 Å². The Morgan fingerprint density at radius 1 is 1.30 bits per heavy atom. The van der Waals surface area contributed by atoms with Crippen LogP contribution in [0.25, 0.3) is 0 Å². The van der Waals surface area contributed by atoms with E-state index in [0.717, 1.165) is 45.4 Å². The summed E-state index contributed by atoms with van der Waals surface area (Å²) in [5.74, 6) is -0.651. The Morgan fingerprint density at radius 3 is 2.65 bits per heavy atom. The summed E-state index contributed by atoms with van der Waals surface area (Å²) in [6.45, 7) is 4.00. The number of likely N-dealkylation sites (N-methyl/N-ethyl adjacent to an activating group) is 1. The number of hydrogen-bond acceptors (Lipinski definition) is 6. The van der Waals surface area contributed by atoms with Crippen LogP contribution in [0.2, 0.25) is 0 Å². The number of rotatable bonds is 5. The minimum atomic E-state index is -0.682. The Bertz CT molecular complexity index is 498. The lowest BCUT2D eigenvalue weighted by Gasteiger charge is -2.22. The van der Waals surface area contributed by atoms with Crippen molar-refractivity contribution in [3.05, 3.63) is 12.1 Å². The molecule has 0 spiro atoms. The minimum Gasteiger partial charge on any atom is -0.492 e. The monoisotopic (exact) mass is 326 g/mol. The topological polar surface area (TPSA) is 90.2 Å². The van der Waals surface area contributed by atoms with Crippen molar-refractivity contribution < 1.29 is 19.8 Å². The molecule has 1 aromatic heterocycles. The number of aromatic nitrogens is 1. The fraction of sp³-hybridized carbons (Fsp3) is 0.667. The van der Waals surface area contributed by atoms with E-state index in [4.69, 9.17) is 4.84 Å². The molecule has 1 amide bonds. The lowest BCUT2D eigenvalue weighted by molar-refractivity contribution is 0.105. The summed E-state index contributed by atoms with van der Waals surface area (Å²) in [4.78, 5) is 21.4. The number of hydrogen-bond donors (Lipinski definition) is 3. The van der Waals surface area contributed by atoms with Crippen molar-refractivity contribution in [2.24, 2.45) is 0 Å². The SMILES string of the molecule is CN(C)CCN1CCC[C@H](NC(=O)On2c(O)ccc2O)CC1. The maximum atomic E-state index is 11.9. The second kappa shape index (κ2) is 8.07. The van der Waals surface area contributed by atoms with Crippen LogP contribution < -0.4 is 10.2 Å². The van der Waals surface area contributed by atoms with Crippen molar-refractivity contribution in [2.75, 3.05) is 40.3 Å². The maximum Gasteiger partial charge on any atom is 0.432 e. The van der Waals surface area contributed by atoms with Crippen LogP contribution in [0, 0.1) is 0 Å². The summed E-state index contributed by atoms with van der Waals surface area (Å²) < 4.78 is 0.690. The highest BCUT2D eigenvalue weighted by molar-refractivity contribution is 5.68. The third-order valence-electron chi connectivity index (χ3n) is 3.98. The van der Waals surface area contributed by atoms with Gasteiger partial charge in [0.1, 0.15) is 0 Å². The van der Waals surface area contributed by atoms with Crippen molar-refractivity contribution >= 4 is 6.09 Å². The zero-order valence-electron chi connectivity index (χ0n) is 13.7. The molecule has 1 aliphatic rings. The Balaban J connectivity index is 1.78. The molecule has 1 fully saturated rings. The fourth-order valence-electron chi connectivity index (χ4n) is 2.64. The molecular weight excluding hydrogens is 300 g/mol. The van der Waals surface area contributed by atoms with Crippen LogP contribution in [0.15, 0.2) is 12.1 Å². The van der Waals surface area contributed by atoms with Gasteiger partial charge in [-0.05, 0) is 39.9 Å². The summed E-state index contributed by atoms with van der Waals surface area (Å²) in [6.07, 6.45) is 2.07. The average molecular weight is 326 g/mol. The molecule has 0 radical (unpaired) electrons. The molecule has 1 saturated heterocycles. The van der Waals surface area contributed by atoms with Gasteiger partial charge in [-0.25, -0.2) is 4.79 Å². The first kappa shape index (κ1) is 17.4. The van der Waals surface area contributed by atoms with Gasteiger partial charge in [-0.3, -0.25) is 0 Å². The Hall–Kier alpha value is -1.93. The van der Waals surface area contributed by atoms with Crippen LogP contribution in [-0.4, -0.2) is 77.2 Å². The van der Waals surface area contributed by atoms with E-state index in [1.165, 1.54) is 12.1 Å². The normalized spacial score (nSPS) is 19.5. The third kappa shape index (κ3) is 5.33. The number of likely N-dealkylation sites (tertiary alicyclic amines) is 1. The van der Waals surface area contributed by atoms with Crippen molar-refractivity contribution in [3.63, 3.8) is 0 Å². The van der Waals surface area contributed by atoms with Gasteiger partial charge in [-0.15, -0.1) is 4.73 Å². The summed E-state index contributed by atoms with van der Waals surface area (Å²) in [5.41, 5.74) is 0. The quantitative estimate of drug-likeness (QED) is 0.728. The highest BCUT2D eigenvalue weighted by Gasteiger charge is 2.20. The second-order valence-electron chi connectivity index (χ2n) is 6.14. The van der Waals surface area contributed by atoms with Crippen LogP contribution in [0.5, 0.6) is 11.8 Å². The highest BCUT2D eigenvalue weighted by Crippen LogP contribution is 2.18. The molecule has 23 heavy (non-hydrogen) atoms. The van der Waals surface area contributed by atoms with E-state index in [1.807, 2.05) is 0 Å². The summed E-state index contributed by atoms with van der Waals surface area (Å²) in [6, 6.07) is 2.53. The van der Waals surface area contributed by atoms with E-state index in [2.05, 4.69) is 29.2 Å². The molecule has 130 valence electrons. The lowest BCUT2D eigenvalue weighted by atomic mass is 10.1. The molecule has 0 saturated carbocycles. The van der Waals surface area contributed by atoms with E-state index in [0.29, 0.717) is 4.73 Å². The van der Waals surface area contributed by atoms with E-state index in [-0.39, 0.29) is 17.8 Å². The van der Waals surface area contributed by atoms with Gasteiger partial charge in [-0.2, -0.15) is 0 Å². The van der Waals surface area contributed by atoms with Gasteiger partial charge in [0.2, 0.25) is 11.8 Å². The molecule has 1 aliphatic heterocycles. The van der Waals surface area contributed by atoms with Crippen LogP contribution >= 0.6 is 0 Å². The van der Waals surface area contributed by atoms with E-state index in [1.54, 1.807) is 0 Å². The largest absolute Gasteiger partial charge is 0.492 e. The number of carbonyl (C=O) groups is 1. The van der Waals surface area contributed by atoms with Gasteiger partial charge in [0.25, 0.3) is 0 Å². The Morgan fingerprint density at radius 2 is 2.00 bits per heavy atom. The van der Waals surface area contributed by atoms with Crippen molar-refractivity contribution in [1.82, 2.24) is 19.8 Å². The molecule has 0 unspecified atom stereocenters. The van der Waals surface area contributed by atoms with Gasteiger partial charge in [-0.1, -0.05) is 0 Å². The van der Waals surface area contributed by atoms with Crippen molar-refractivity contribution in [1.29, 1.82) is 0 Å². The van der Waals surface area contributed by atoms with E-state index in [9.17, 15) is 15.0 Å². The first-order chi connectivity index (χ1) is 11.0. The van der Waals surface area contributed by atoms with Crippen molar-refractivity contribution in [2.45, 2.75) is 25.3 Å². The number of amides is 1. The smallest absolute Gasteiger partial charge is 0.432 e. The van der Waals surface area contributed by atoms with E-state index < -0.39 is 6.09 Å². The third-order valence-corrected chi connectivity index (χ3v) is 3.98. The maximum absolute atomic E-state index is 11.9. The highest BCUT2D eigenvalue weighted by atomic mass is 16.7. The molecule has 0 bridgehead atoms. The zero-order chi connectivity index (χ0) is 16.8. The average Bonchev–Trinajstić information content (AvgIpc) is 2.70. The van der Waals surface area contributed by atoms with Gasteiger partial charge >= 0.3 is 6.09 Å². The number of nitrogens with zero attached hydrogens (tertiary/aromatic N) is 3. The number of aromatic hydroxyl groups is 2. The molecule has 8 heteroatoms. The first-order valence-corrected chi connectivity index (χ1v) is 7.91. The summed E-state index contributed by atoms with van der Waals surface area (Å²) >= 11 is 0. The lowest BCUT2D eigenvalue weighted by Crippen LogP contribution is -2.40. The molecule has 2 rings (SSSR count). The van der Waals surface area contributed by atoms with Gasteiger partial charge in [0.15, 0.2) is 0 Å². The van der Waals surface area contributed by atoms with Crippen molar-refractivity contribution in [3.8, 4) is 11.8 Å². The summed E-state index contributed by atoms with van der Waals surface area (Å²) in [5, 5.41) is 21.7. The minimum absolute atomic E-state index is 0.0340. The Kier molecular flexibility index (Phi) is 6.12. The molecule has 8 nitrogen and oxygen atoms in total. The molecule has 2 heterocycles. The predicted octanol–water partition coefficient (Wildman–Crippen LogP) is 0.454. The molecule has 1 aromatic rings.